The first-order chi connectivity index (χ1) is 18.6. The third-order valence-electron chi connectivity index (χ3n) is 8.12. The molecule has 2 nitrogen and oxygen atoms in total. The zero-order chi connectivity index (χ0) is 25.9. The zero-order valence-electron chi connectivity index (χ0n) is 21.6. The second-order valence-corrected chi connectivity index (χ2v) is 10.4. The molecule has 1 atom stereocenters. The summed E-state index contributed by atoms with van der Waals surface area (Å²) < 4.78 is 6.49. The Kier molecular flexibility index (Phi) is 5.14. The van der Waals surface area contributed by atoms with Crippen molar-refractivity contribution in [2.75, 3.05) is 0 Å². The summed E-state index contributed by atoms with van der Waals surface area (Å²) in [5.74, 6) is 0. The van der Waals surface area contributed by atoms with Gasteiger partial charge in [0, 0.05) is 21.9 Å². The molecule has 38 heavy (non-hydrogen) atoms. The minimum atomic E-state index is -0.586. The minimum absolute atomic E-state index is 0.586. The van der Waals surface area contributed by atoms with E-state index >= 15 is 0 Å². The minimum Gasteiger partial charge on any atom is -0.668 e. The van der Waals surface area contributed by atoms with Gasteiger partial charge >= 0.3 is 0 Å². The highest BCUT2D eigenvalue weighted by atomic mass is 16.3. The van der Waals surface area contributed by atoms with Crippen molar-refractivity contribution in [1.82, 2.24) is 0 Å². The summed E-state index contributed by atoms with van der Waals surface area (Å²) in [5, 5.41) is 7.12. The average Bonchev–Trinajstić information content (AvgIpc) is 3.35. The molecular weight excluding hydrogens is 462 g/mol. The van der Waals surface area contributed by atoms with Gasteiger partial charge in [-0.25, -0.2) is 0 Å². The summed E-state index contributed by atoms with van der Waals surface area (Å²) in [5.41, 5.74) is 15.7. The average molecular weight is 491 g/mol. The number of fused-ring (bicyclic) bond motifs is 5. The maximum atomic E-state index is 8.67. The Morgan fingerprint density at radius 1 is 0.579 bits per heavy atom. The van der Waals surface area contributed by atoms with Gasteiger partial charge in [0.1, 0.15) is 11.2 Å². The maximum absolute atomic E-state index is 8.67. The molecule has 184 valence electrons. The van der Waals surface area contributed by atoms with Gasteiger partial charge in [-0.1, -0.05) is 135 Å². The first kappa shape index (κ1) is 22.8. The molecule has 0 amide bonds. The van der Waals surface area contributed by atoms with Crippen LogP contribution in [0.4, 0.5) is 0 Å². The molecule has 7 rings (SSSR count). The lowest BCUT2D eigenvalue weighted by Gasteiger charge is -2.34. The number of hydrogen-bond acceptors (Lipinski definition) is 1. The Bertz CT molecular complexity index is 1920. The van der Waals surface area contributed by atoms with Gasteiger partial charge in [-0.15, -0.1) is 5.54 Å². The number of para-hydroxylation sites is 2. The van der Waals surface area contributed by atoms with E-state index < -0.39 is 5.54 Å². The van der Waals surface area contributed by atoms with Crippen molar-refractivity contribution >= 4 is 43.5 Å². The Morgan fingerprint density at radius 2 is 1.11 bits per heavy atom. The topological polar surface area (TPSA) is 36.9 Å². The normalized spacial score (nSPS) is 13.4. The number of nitrogens with one attached hydrogen (secondary N) is 1. The highest BCUT2D eigenvalue weighted by Crippen LogP contribution is 2.46. The van der Waals surface area contributed by atoms with Crippen LogP contribution in [0.1, 0.15) is 25.8 Å². The van der Waals surface area contributed by atoms with E-state index in [1.165, 1.54) is 38.2 Å². The summed E-state index contributed by atoms with van der Waals surface area (Å²) in [7, 11) is 0. The number of furan rings is 1. The molecular formula is C36H28NO-. The summed E-state index contributed by atoms with van der Waals surface area (Å²) >= 11 is 0. The molecule has 0 aliphatic rings. The van der Waals surface area contributed by atoms with E-state index in [9.17, 15) is 0 Å². The van der Waals surface area contributed by atoms with Gasteiger partial charge in [0.2, 0.25) is 0 Å². The summed E-state index contributed by atoms with van der Waals surface area (Å²) in [4.78, 5) is 0. The quantitative estimate of drug-likeness (QED) is 0.226. The van der Waals surface area contributed by atoms with E-state index in [0.717, 1.165) is 39.5 Å². The molecule has 0 aliphatic carbocycles. The zero-order valence-corrected chi connectivity index (χ0v) is 21.6. The number of hydrogen-bond donors (Lipinski definition) is 0. The molecule has 0 spiro atoms. The van der Waals surface area contributed by atoms with Crippen molar-refractivity contribution in [3.8, 4) is 22.3 Å². The standard InChI is InChI=1S/C36H28NO/c1-3-36(2,37)24-21-19-23(20-22-24)33-26-12-4-6-14-28(26)34(29-15-7-5-13-27(29)33)31-17-10-16-30-25-11-8-9-18-32(25)38-35(30)31/h4-22,37H,3H2,1-2H3/q-1. The maximum Gasteiger partial charge on any atom is 0.143 e. The first-order valence-corrected chi connectivity index (χ1v) is 13.3. The molecule has 7 aromatic rings. The lowest BCUT2D eigenvalue weighted by Crippen LogP contribution is -2.13. The molecule has 1 heterocycles. The van der Waals surface area contributed by atoms with Crippen LogP contribution in [-0.4, -0.2) is 0 Å². The van der Waals surface area contributed by atoms with E-state index in [1.807, 2.05) is 19.1 Å². The SMILES string of the molecule is CCC(C)([NH-])c1ccc(-c2c3ccccc3c(-c3cccc4c3oc3ccccc34)c3ccccc23)cc1. The van der Waals surface area contributed by atoms with Crippen molar-refractivity contribution in [2.24, 2.45) is 0 Å². The van der Waals surface area contributed by atoms with E-state index in [4.69, 9.17) is 10.2 Å². The van der Waals surface area contributed by atoms with Crippen LogP contribution >= 0.6 is 0 Å². The van der Waals surface area contributed by atoms with Crippen LogP contribution in [-0.2, 0) is 5.54 Å². The highest BCUT2D eigenvalue weighted by molar-refractivity contribution is 6.24. The lowest BCUT2D eigenvalue weighted by molar-refractivity contribution is 0.575. The smallest absolute Gasteiger partial charge is 0.143 e. The predicted octanol–water partition coefficient (Wildman–Crippen LogP) is 10.9. The van der Waals surface area contributed by atoms with Crippen LogP contribution in [0.25, 0.3) is 71.5 Å². The largest absolute Gasteiger partial charge is 0.668 e. The van der Waals surface area contributed by atoms with E-state index in [-0.39, 0.29) is 0 Å². The van der Waals surface area contributed by atoms with Crippen molar-refractivity contribution in [3.63, 3.8) is 0 Å². The molecule has 1 aromatic heterocycles. The third kappa shape index (κ3) is 3.38. The van der Waals surface area contributed by atoms with Crippen LogP contribution in [0.5, 0.6) is 0 Å². The van der Waals surface area contributed by atoms with Crippen LogP contribution in [0.15, 0.2) is 120 Å². The molecule has 1 unspecified atom stereocenters. The van der Waals surface area contributed by atoms with Crippen LogP contribution < -0.4 is 0 Å². The third-order valence-corrected chi connectivity index (χ3v) is 8.12. The molecule has 0 radical (unpaired) electrons. The molecule has 0 fully saturated rings. The van der Waals surface area contributed by atoms with Gasteiger partial charge in [0.15, 0.2) is 0 Å². The molecule has 0 bridgehead atoms. The van der Waals surface area contributed by atoms with E-state index in [2.05, 4.69) is 110 Å². The second kappa shape index (κ2) is 8.58. The molecule has 6 aromatic carbocycles. The molecule has 0 saturated carbocycles. The van der Waals surface area contributed by atoms with Gasteiger partial charge in [-0.3, -0.25) is 0 Å². The predicted molar refractivity (Wildman–Crippen MR) is 162 cm³/mol. The molecule has 0 aliphatic heterocycles. The Morgan fingerprint density at radius 3 is 1.71 bits per heavy atom. The Labute approximate surface area is 222 Å². The van der Waals surface area contributed by atoms with Gasteiger partial charge < -0.3 is 10.2 Å². The Hall–Kier alpha value is -4.40. The van der Waals surface area contributed by atoms with Crippen LogP contribution in [0.2, 0.25) is 0 Å². The van der Waals surface area contributed by atoms with Gasteiger partial charge in [-0.2, -0.15) is 0 Å². The van der Waals surface area contributed by atoms with Crippen molar-refractivity contribution in [2.45, 2.75) is 25.8 Å². The molecule has 0 saturated heterocycles. The monoisotopic (exact) mass is 490 g/mol. The fraction of sp³-hybridized carbons (Fsp3) is 0.111. The van der Waals surface area contributed by atoms with Gasteiger partial charge in [0.25, 0.3) is 0 Å². The van der Waals surface area contributed by atoms with Crippen LogP contribution in [0, 0.1) is 0 Å². The summed E-state index contributed by atoms with van der Waals surface area (Å²) in [6.07, 6.45) is 0.778. The fourth-order valence-electron chi connectivity index (χ4n) is 5.88. The molecule has 2 heteroatoms. The summed E-state index contributed by atoms with van der Waals surface area (Å²) in [6, 6.07) is 40.8. The highest BCUT2D eigenvalue weighted by Gasteiger charge is 2.20. The van der Waals surface area contributed by atoms with E-state index in [0.29, 0.717) is 0 Å². The number of rotatable bonds is 4. The summed E-state index contributed by atoms with van der Waals surface area (Å²) in [6.45, 7) is 4.06. The first-order valence-electron chi connectivity index (χ1n) is 13.3. The van der Waals surface area contributed by atoms with Gasteiger partial charge in [0.05, 0.1) is 0 Å². The fourth-order valence-corrected chi connectivity index (χ4v) is 5.88. The molecule has 1 N–H and O–H groups in total. The van der Waals surface area contributed by atoms with Gasteiger partial charge in [-0.05, 0) is 38.7 Å². The Balaban J connectivity index is 1.57. The van der Waals surface area contributed by atoms with Crippen molar-refractivity contribution < 1.29 is 4.42 Å². The van der Waals surface area contributed by atoms with Crippen molar-refractivity contribution in [3.05, 3.63) is 127 Å². The van der Waals surface area contributed by atoms with Crippen LogP contribution in [0.3, 0.4) is 0 Å². The van der Waals surface area contributed by atoms with E-state index in [1.54, 1.807) is 0 Å². The second-order valence-electron chi connectivity index (χ2n) is 10.4. The number of benzene rings is 6. The van der Waals surface area contributed by atoms with Crippen molar-refractivity contribution in [1.29, 1.82) is 0 Å². The lowest BCUT2D eigenvalue weighted by atomic mass is 9.84.